The first-order chi connectivity index (χ1) is 7.65. The third kappa shape index (κ3) is 4.12. The molecule has 0 radical (unpaired) electrons. The Morgan fingerprint density at radius 1 is 1.44 bits per heavy atom. The van der Waals surface area contributed by atoms with Crippen molar-refractivity contribution >= 4 is 5.91 Å². The number of aliphatic hydroxyl groups excluding tert-OH is 1. The minimum atomic E-state index is -0.306. The highest BCUT2D eigenvalue weighted by molar-refractivity contribution is 5.76. The van der Waals surface area contributed by atoms with Gasteiger partial charge in [-0.3, -0.25) is 4.79 Å². The van der Waals surface area contributed by atoms with Gasteiger partial charge in [-0.05, 0) is 32.6 Å². The molecule has 1 saturated heterocycles. The summed E-state index contributed by atoms with van der Waals surface area (Å²) in [5, 5.41) is 9.49. The van der Waals surface area contributed by atoms with Crippen LogP contribution in [0.25, 0.3) is 0 Å². The van der Waals surface area contributed by atoms with E-state index in [1.807, 2.05) is 18.7 Å². The van der Waals surface area contributed by atoms with Crippen molar-refractivity contribution in [1.82, 2.24) is 4.90 Å². The van der Waals surface area contributed by atoms with Crippen LogP contribution in [-0.4, -0.2) is 34.6 Å². The van der Waals surface area contributed by atoms with Crippen LogP contribution in [0, 0.1) is 0 Å². The molecule has 16 heavy (non-hydrogen) atoms. The summed E-state index contributed by atoms with van der Waals surface area (Å²) < 4.78 is 0. The molecule has 1 fully saturated rings. The summed E-state index contributed by atoms with van der Waals surface area (Å²) in [4.78, 5) is 14.0. The zero-order valence-electron chi connectivity index (χ0n) is 10.6. The van der Waals surface area contributed by atoms with Gasteiger partial charge in [0.15, 0.2) is 0 Å². The van der Waals surface area contributed by atoms with Crippen molar-refractivity contribution in [3.8, 4) is 0 Å². The maximum absolute atomic E-state index is 12.0. The zero-order chi connectivity index (χ0) is 12.0. The van der Waals surface area contributed by atoms with Gasteiger partial charge in [0, 0.05) is 19.0 Å². The van der Waals surface area contributed by atoms with E-state index in [1.54, 1.807) is 0 Å². The van der Waals surface area contributed by atoms with Crippen molar-refractivity contribution in [2.24, 2.45) is 0 Å². The highest BCUT2D eigenvalue weighted by atomic mass is 16.3. The molecule has 1 N–H and O–H groups in total. The lowest BCUT2D eigenvalue weighted by Gasteiger charge is -2.31. The molecule has 0 aromatic carbocycles. The first-order valence-electron chi connectivity index (χ1n) is 6.62. The SMILES string of the molecule is CCCC(=O)N1CCCCCC1CC(C)O. The van der Waals surface area contributed by atoms with Gasteiger partial charge in [0.25, 0.3) is 0 Å². The first kappa shape index (κ1) is 13.5. The van der Waals surface area contributed by atoms with Gasteiger partial charge in [0.1, 0.15) is 0 Å². The number of rotatable bonds is 4. The maximum Gasteiger partial charge on any atom is 0.222 e. The topological polar surface area (TPSA) is 40.5 Å². The summed E-state index contributed by atoms with van der Waals surface area (Å²) in [6.07, 6.45) is 6.56. The summed E-state index contributed by atoms with van der Waals surface area (Å²) in [5.41, 5.74) is 0. The van der Waals surface area contributed by atoms with Crippen LogP contribution in [-0.2, 0) is 4.79 Å². The monoisotopic (exact) mass is 227 g/mol. The molecule has 1 heterocycles. The molecule has 1 aliphatic heterocycles. The lowest BCUT2D eigenvalue weighted by molar-refractivity contribution is -0.134. The van der Waals surface area contributed by atoms with Gasteiger partial charge in [0.05, 0.1) is 6.10 Å². The van der Waals surface area contributed by atoms with Crippen molar-refractivity contribution < 1.29 is 9.90 Å². The normalized spacial score (nSPS) is 23.9. The summed E-state index contributed by atoms with van der Waals surface area (Å²) in [6.45, 7) is 4.74. The second-order valence-corrected chi connectivity index (χ2v) is 4.93. The number of carbonyl (C=O) groups excluding carboxylic acids is 1. The van der Waals surface area contributed by atoms with E-state index in [0.717, 1.165) is 32.2 Å². The van der Waals surface area contributed by atoms with E-state index >= 15 is 0 Å². The summed E-state index contributed by atoms with van der Waals surface area (Å²) in [6, 6.07) is 0.265. The van der Waals surface area contributed by atoms with Crippen LogP contribution in [0.3, 0.4) is 0 Å². The predicted octanol–water partition coefficient (Wildman–Crippen LogP) is 2.33. The summed E-state index contributed by atoms with van der Waals surface area (Å²) >= 11 is 0. The van der Waals surface area contributed by atoms with E-state index in [4.69, 9.17) is 0 Å². The van der Waals surface area contributed by atoms with Crippen molar-refractivity contribution in [1.29, 1.82) is 0 Å². The molecule has 3 heteroatoms. The number of aliphatic hydroxyl groups is 1. The number of amides is 1. The highest BCUT2D eigenvalue weighted by Crippen LogP contribution is 2.21. The first-order valence-corrected chi connectivity index (χ1v) is 6.62. The van der Waals surface area contributed by atoms with Crippen molar-refractivity contribution in [3.05, 3.63) is 0 Å². The van der Waals surface area contributed by atoms with Gasteiger partial charge in [0.2, 0.25) is 5.91 Å². The van der Waals surface area contributed by atoms with Crippen LogP contribution in [0.5, 0.6) is 0 Å². The molecule has 0 aromatic heterocycles. The summed E-state index contributed by atoms with van der Waals surface area (Å²) in [5.74, 6) is 0.273. The molecule has 1 rings (SSSR count). The van der Waals surface area contributed by atoms with Gasteiger partial charge < -0.3 is 10.0 Å². The largest absolute Gasteiger partial charge is 0.393 e. The van der Waals surface area contributed by atoms with Gasteiger partial charge in [-0.25, -0.2) is 0 Å². The number of hydrogen-bond donors (Lipinski definition) is 1. The molecule has 0 aromatic rings. The molecule has 3 nitrogen and oxygen atoms in total. The second kappa shape index (κ2) is 6.89. The Morgan fingerprint density at radius 3 is 2.81 bits per heavy atom. The van der Waals surface area contributed by atoms with Crippen molar-refractivity contribution in [2.45, 2.75) is 70.9 Å². The quantitative estimate of drug-likeness (QED) is 0.800. The Morgan fingerprint density at radius 2 is 2.19 bits per heavy atom. The Labute approximate surface area is 98.8 Å². The van der Waals surface area contributed by atoms with Gasteiger partial charge >= 0.3 is 0 Å². The highest BCUT2D eigenvalue weighted by Gasteiger charge is 2.25. The molecule has 1 amide bonds. The second-order valence-electron chi connectivity index (χ2n) is 4.93. The number of nitrogens with zero attached hydrogens (tertiary/aromatic N) is 1. The third-order valence-electron chi connectivity index (χ3n) is 3.27. The number of carbonyl (C=O) groups is 1. The van der Waals surface area contributed by atoms with Gasteiger partial charge in [-0.1, -0.05) is 19.8 Å². The Bertz CT molecular complexity index is 216. The van der Waals surface area contributed by atoms with E-state index in [1.165, 1.54) is 12.8 Å². The molecule has 2 atom stereocenters. The minimum absolute atomic E-state index is 0.265. The minimum Gasteiger partial charge on any atom is -0.393 e. The van der Waals surface area contributed by atoms with Crippen LogP contribution in [0.15, 0.2) is 0 Å². The lowest BCUT2D eigenvalue weighted by Crippen LogP contribution is -2.41. The molecule has 0 spiro atoms. The van der Waals surface area contributed by atoms with Crippen LogP contribution < -0.4 is 0 Å². The molecular formula is C13H25NO2. The van der Waals surface area contributed by atoms with E-state index in [0.29, 0.717) is 6.42 Å². The fourth-order valence-corrected chi connectivity index (χ4v) is 2.50. The molecule has 1 aliphatic rings. The third-order valence-corrected chi connectivity index (χ3v) is 3.27. The standard InChI is InChI=1S/C13H25NO2/c1-3-7-13(16)14-9-6-4-5-8-12(14)10-11(2)15/h11-12,15H,3-10H2,1-2H3. The molecule has 0 saturated carbocycles. The summed E-state index contributed by atoms with van der Waals surface area (Å²) in [7, 11) is 0. The van der Waals surface area contributed by atoms with Gasteiger partial charge in [-0.15, -0.1) is 0 Å². The van der Waals surface area contributed by atoms with E-state index in [2.05, 4.69) is 0 Å². The molecule has 0 aliphatic carbocycles. The van der Waals surface area contributed by atoms with E-state index in [9.17, 15) is 9.90 Å². The lowest BCUT2D eigenvalue weighted by atomic mass is 10.0. The Hall–Kier alpha value is -0.570. The van der Waals surface area contributed by atoms with Crippen LogP contribution in [0.2, 0.25) is 0 Å². The van der Waals surface area contributed by atoms with Crippen LogP contribution in [0.1, 0.15) is 58.8 Å². The van der Waals surface area contributed by atoms with Crippen molar-refractivity contribution in [2.75, 3.05) is 6.54 Å². The molecule has 2 unspecified atom stereocenters. The van der Waals surface area contributed by atoms with Crippen LogP contribution >= 0.6 is 0 Å². The number of hydrogen-bond acceptors (Lipinski definition) is 2. The fraction of sp³-hybridized carbons (Fsp3) is 0.923. The predicted molar refractivity (Wildman–Crippen MR) is 65.2 cm³/mol. The van der Waals surface area contributed by atoms with Crippen LogP contribution in [0.4, 0.5) is 0 Å². The number of likely N-dealkylation sites (tertiary alicyclic amines) is 1. The fourth-order valence-electron chi connectivity index (χ4n) is 2.50. The molecule has 94 valence electrons. The average molecular weight is 227 g/mol. The van der Waals surface area contributed by atoms with Gasteiger partial charge in [-0.2, -0.15) is 0 Å². The van der Waals surface area contributed by atoms with E-state index in [-0.39, 0.29) is 18.1 Å². The van der Waals surface area contributed by atoms with Crippen molar-refractivity contribution in [3.63, 3.8) is 0 Å². The maximum atomic E-state index is 12.0. The average Bonchev–Trinajstić information content (AvgIpc) is 2.43. The molecular weight excluding hydrogens is 202 g/mol. The molecule has 0 bridgehead atoms. The smallest absolute Gasteiger partial charge is 0.222 e. The Balaban J connectivity index is 2.61. The zero-order valence-corrected chi connectivity index (χ0v) is 10.6. The van der Waals surface area contributed by atoms with E-state index < -0.39 is 0 Å². The Kier molecular flexibility index (Phi) is 5.81.